The van der Waals surface area contributed by atoms with Gasteiger partial charge in [-0.2, -0.15) is 4.98 Å². The van der Waals surface area contributed by atoms with Gasteiger partial charge < -0.3 is 15.0 Å². The van der Waals surface area contributed by atoms with E-state index in [0.29, 0.717) is 16.7 Å². The SMILES string of the molecule is CCc1cc(-c2nc(C(OC)C(C)(C)C)no2)c(N)s1. The van der Waals surface area contributed by atoms with Crippen LogP contribution in [0.1, 0.15) is 44.5 Å². The number of anilines is 1. The first-order valence-corrected chi connectivity index (χ1v) is 7.43. The Balaban J connectivity index is 2.35. The first kappa shape index (κ1) is 15.0. The van der Waals surface area contributed by atoms with Crippen LogP contribution in [0.5, 0.6) is 0 Å². The second-order valence-corrected chi connectivity index (χ2v) is 6.95. The van der Waals surface area contributed by atoms with Gasteiger partial charge in [-0.1, -0.05) is 32.9 Å². The molecule has 2 heterocycles. The fourth-order valence-electron chi connectivity index (χ4n) is 2.10. The average Bonchev–Trinajstić information content (AvgIpc) is 2.94. The lowest BCUT2D eigenvalue weighted by Crippen LogP contribution is -2.21. The van der Waals surface area contributed by atoms with Gasteiger partial charge in [-0.15, -0.1) is 11.3 Å². The van der Waals surface area contributed by atoms with E-state index < -0.39 is 0 Å². The second-order valence-electron chi connectivity index (χ2n) is 5.78. The summed E-state index contributed by atoms with van der Waals surface area (Å²) in [6.07, 6.45) is 0.726. The third-order valence-corrected chi connectivity index (χ3v) is 4.20. The van der Waals surface area contributed by atoms with Crippen LogP contribution in [-0.4, -0.2) is 17.3 Å². The summed E-state index contributed by atoms with van der Waals surface area (Å²) in [5.41, 5.74) is 6.72. The Labute approximate surface area is 123 Å². The number of thiophene rings is 1. The summed E-state index contributed by atoms with van der Waals surface area (Å²) in [6.45, 7) is 8.32. The minimum atomic E-state index is -0.217. The lowest BCUT2D eigenvalue weighted by atomic mass is 9.88. The molecule has 110 valence electrons. The van der Waals surface area contributed by atoms with Crippen molar-refractivity contribution >= 4 is 16.3 Å². The molecule has 5 nitrogen and oxygen atoms in total. The van der Waals surface area contributed by atoms with Gasteiger partial charge in [-0.05, 0) is 17.9 Å². The molecule has 0 radical (unpaired) electrons. The maximum atomic E-state index is 6.01. The third kappa shape index (κ3) is 2.86. The van der Waals surface area contributed by atoms with Crippen LogP contribution in [0.25, 0.3) is 11.5 Å². The van der Waals surface area contributed by atoms with Crippen LogP contribution >= 0.6 is 11.3 Å². The summed E-state index contributed by atoms with van der Waals surface area (Å²) in [5, 5.41) is 4.75. The van der Waals surface area contributed by atoms with Crippen molar-refractivity contribution in [1.82, 2.24) is 10.1 Å². The summed E-state index contributed by atoms with van der Waals surface area (Å²) in [6, 6.07) is 2.01. The topological polar surface area (TPSA) is 74.2 Å². The number of ether oxygens (including phenoxy) is 1. The molecule has 0 aliphatic heterocycles. The molecule has 2 N–H and O–H groups in total. The number of hydrogen-bond donors (Lipinski definition) is 1. The zero-order chi connectivity index (χ0) is 14.9. The van der Waals surface area contributed by atoms with E-state index >= 15 is 0 Å². The van der Waals surface area contributed by atoms with Crippen LogP contribution in [-0.2, 0) is 11.2 Å². The van der Waals surface area contributed by atoms with Gasteiger partial charge in [0.25, 0.3) is 5.89 Å². The quantitative estimate of drug-likeness (QED) is 0.931. The number of methoxy groups -OCH3 is 1. The molecular formula is C14H21N3O2S. The van der Waals surface area contributed by atoms with Crippen LogP contribution in [0.3, 0.4) is 0 Å². The highest BCUT2D eigenvalue weighted by Crippen LogP contribution is 2.37. The molecule has 0 aromatic carbocycles. The van der Waals surface area contributed by atoms with E-state index in [4.69, 9.17) is 15.0 Å². The Bertz CT molecular complexity index is 583. The summed E-state index contributed by atoms with van der Waals surface area (Å²) < 4.78 is 10.8. The van der Waals surface area contributed by atoms with Crippen molar-refractivity contribution in [3.8, 4) is 11.5 Å². The average molecular weight is 295 g/mol. The van der Waals surface area contributed by atoms with Crippen molar-refractivity contribution in [3.05, 3.63) is 16.8 Å². The Hall–Kier alpha value is -1.40. The Morgan fingerprint density at radius 3 is 2.65 bits per heavy atom. The minimum Gasteiger partial charge on any atom is -0.390 e. The van der Waals surface area contributed by atoms with Crippen LogP contribution in [0.15, 0.2) is 10.6 Å². The van der Waals surface area contributed by atoms with Crippen LogP contribution in [0.2, 0.25) is 0 Å². The number of nitrogens with zero attached hydrogens (tertiary/aromatic N) is 2. The number of rotatable bonds is 4. The summed E-state index contributed by atoms with van der Waals surface area (Å²) in [5.74, 6) is 1.01. The number of nitrogen functional groups attached to an aromatic ring is 1. The number of aryl methyl sites for hydroxylation is 1. The van der Waals surface area contributed by atoms with E-state index in [0.717, 1.165) is 12.0 Å². The van der Waals surface area contributed by atoms with Crippen LogP contribution in [0.4, 0.5) is 5.00 Å². The predicted molar refractivity (Wildman–Crippen MR) is 80.6 cm³/mol. The van der Waals surface area contributed by atoms with Gasteiger partial charge in [0.1, 0.15) is 6.10 Å². The van der Waals surface area contributed by atoms with Gasteiger partial charge in [0.2, 0.25) is 5.82 Å². The smallest absolute Gasteiger partial charge is 0.261 e. The molecule has 0 spiro atoms. The van der Waals surface area contributed by atoms with Crippen LogP contribution in [0, 0.1) is 5.41 Å². The Kier molecular flexibility index (Phi) is 4.15. The molecule has 0 amide bonds. The number of nitrogens with two attached hydrogens (primary N) is 1. The van der Waals surface area contributed by atoms with Crippen molar-refractivity contribution in [2.45, 2.75) is 40.2 Å². The minimum absolute atomic E-state index is 0.106. The van der Waals surface area contributed by atoms with Gasteiger partial charge in [0, 0.05) is 12.0 Å². The highest BCUT2D eigenvalue weighted by Gasteiger charge is 2.31. The van der Waals surface area contributed by atoms with Crippen molar-refractivity contribution in [2.24, 2.45) is 5.41 Å². The lowest BCUT2D eigenvalue weighted by molar-refractivity contribution is 0.00718. The van der Waals surface area contributed by atoms with Gasteiger partial charge in [0.05, 0.1) is 10.6 Å². The normalized spacial score (nSPS) is 13.7. The molecule has 2 aromatic heterocycles. The van der Waals surface area contributed by atoms with Gasteiger partial charge in [0.15, 0.2) is 0 Å². The molecule has 2 aromatic rings. The zero-order valence-electron chi connectivity index (χ0n) is 12.6. The molecule has 0 aliphatic rings. The Morgan fingerprint density at radius 2 is 2.15 bits per heavy atom. The largest absolute Gasteiger partial charge is 0.390 e. The fraction of sp³-hybridized carbons (Fsp3) is 0.571. The summed E-state index contributed by atoms with van der Waals surface area (Å²) in [4.78, 5) is 5.66. The van der Waals surface area contributed by atoms with Crippen LogP contribution < -0.4 is 5.73 Å². The van der Waals surface area contributed by atoms with Gasteiger partial charge >= 0.3 is 0 Å². The molecule has 0 bridgehead atoms. The van der Waals surface area contributed by atoms with E-state index in [2.05, 4.69) is 37.8 Å². The number of hydrogen-bond acceptors (Lipinski definition) is 6. The first-order valence-electron chi connectivity index (χ1n) is 6.61. The maximum Gasteiger partial charge on any atom is 0.261 e. The standard InChI is InChI=1S/C14H21N3O2S/c1-6-8-7-9(11(15)20-8)13-16-12(17-19-13)10(18-5)14(2,3)4/h7,10H,6,15H2,1-5H3. The molecule has 20 heavy (non-hydrogen) atoms. The van der Waals surface area contributed by atoms with Crippen molar-refractivity contribution in [1.29, 1.82) is 0 Å². The second kappa shape index (κ2) is 5.54. The zero-order valence-corrected chi connectivity index (χ0v) is 13.4. The first-order chi connectivity index (χ1) is 9.36. The number of aromatic nitrogens is 2. The molecule has 0 fully saturated rings. The highest BCUT2D eigenvalue weighted by molar-refractivity contribution is 7.16. The van der Waals surface area contributed by atoms with E-state index in [-0.39, 0.29) is 11.5 Å². The van der Waals surface area contributed by atoms with Gasteiger partial charge in [-0.25, -0.2) is 0 Å². The van der Waals surface area contributed by atoms with Crippen molar-refractivity contribution < 1.29 is 9.26 Å². The molecule has 2 rings (SSSR count). The molecule has 0 aliphatic carbocycles. The molecule has 1 unspecified atom stereocenters. The molecular weight excluding hydrogens is 274 g/mol. The van der Waals surface area contributed by atoms with Gasteiger partial charge in [-0.3, -0.25) is 0 Å². The van der Waals surface area contributed by atoms with Crippen molar-refractivity contribution in [2.75, 3.05) is 12.8 Å². The summed E-state index contributed by atoms with van der Waals surface area (Å²) >= 11 is 1.56. The van der Waals surface area contributed by atoms with E-state index in [1.165, 1.54) is 4.88 Å². The molecule has 1 atom stereocenters. The van der Waals surface area contributed by atoms with E-state index in [1.807, 2.05) is 6.07 Å². The Morgan fingerprint density at radius 1 is 1.45 bits per heavy atom. The molecule has 0 saturated heterocycles. The van der Waals surface area contributed by atoms with Crippen molar-refractivity contribution in [3.63, 3.8) is 0 Å². The van der Waals surface area contributed by atoms with E-state index in [9.17, 15) is 0 Å². The lowest BCUT2D eigenvalue weighted by Gasteiger charge is -2.26. The molecule has 0 saturated carbocycles. The van der Waals surface area contributed by atoms with E-state index in [1.54, 1.807) is 18.4 Å². The maximum absolute atomic E-state index is 6.01. The summed E-state index contributed by atoms with van der Waals surface area (Å²) in [7, 11) is 1.65. The fourth-order valence-corrected chi connectivity index (χ4v) is 2.96. The predicted octanol–water partition coefficient (Wildman–Crippen LogP) is 3.68. The molecule has 6 heteroatoms. The third-order valence-electron chi connectivity index (χ3n) is 3.09. The monoisotopic (exact) mass is 295 g/mol. The highest BCUT2D eigenvalue weighted by atomic mass is 32.1.